The van der Waals surface area contributed by atoms with Crippen molar-refractivity contribution in [3.63, 3.8) is 0 Å². The molecule has 0 aliphatic carbocycles. The molecule has 34 heavy (non-hydrogen) atoms. The predicted molar refractivity (Wildman–Crippen MR) is 131 cm³/mol. The van der Waals surface area contributed by atoms with E-state index in [-0.39, 0.29) is 47.7 Å². The lowest BCUT2D eigenvalue weighted by Crippen LogP contribution is -2.53. The molecule has 0 spiro atoms. The predicted octanol–water partition coefficient (Wildman–Crippen LogP) is 1.98. The van der Waals surface area contributed by atoms with Gasteiger partial charge in [-0.3, -0.25) is 19.2 Å². The molecule has 194 valence electrons. The summed E-state index contributed by atoms with van der Waals surface area (Å²) in [4.78, 5) is 73.1. The van der Waals surface area contributed by atoms with Gasteiger partial charge in [0.1, 0.15) is 12.1 Å². The van der Waals surface area contributed by atoms with Gasteiger partial charge in [-0.2, -0.15) is 0 Å². The fraction of sp³-hybridized carbons (Fsp3) is 0.727. The number of amides is 2. The van der Waals surface area contributed by atoms with Crippen LogP contribution in [-0.4, -0.2) is 69.8 Å². The molecule has 0 unspecified atom stereocenters. The van der Waals surface area contributed by atoms with Crippen molar-refractivity contribution in [3.05, 3.63) is 0 Å². The first kappa shape index (κ1) is 31.9. The molecule has 0 saturated carbocycles. The Balaban J connectivity index is 5.16. The summed E-state index contributed by atoms with van der Waals surface area (Å²) in [5, 5.41) is 4.45. The Morgan fingerprint density at radius 3 is 1.21 bits per heavy atom. The highest BCUT2D eigenvalue weighted by molar-refractivity contribution is 8.15. The molecule has 0 bridgehead atoms. The first-order chi connectivity index (χ1) is 15.6. The van der Waals surface area contributed by atoms with Gasteiger partial charge in [0, 0.05) is 35.2 Å². The number of nitrogens with one attached hydrogen (secondary N) is 2. The molecule has 2 N–H and O–H groups in total. The normalized spacial score (nSPS) is 13.3. The van der Waals surface area contributed by atoms with E-state index in [1.54, 1.807) is 41.5 Å². The minimum atomic E-state index is -1.05. The Hall–Kier alpha value is -2.08. The molecule has 0 saturated heterocycles. The highest BCUT2D eigenvalue weighted by Crippen LogP contribution is 2.34. The van der Waals surface area contributed by atoms with Crippen LogP contribution in [0, 0.1) is 0 Å². The summed E-state index contributed by atoms with van der Waals surface area (Å²) in [6.45, 7) is 9.79. The van der Waals surface area contributed by atoms with Crippen LogP contribution in [0.1, 0.15) is 67.2 Å². The van der Waals surface area contributed by atoms with Gasteiger partial charge >= 0.3 is 11.9 Å². The summed E-state index contributed by atoms with van der Waals surface area (Å²) >= 11 is 1.69. The second kappa shape index (κ2) is 14.3. The smallest absolute Gasteiger partial charge is 0.329 e. The van der Waals surface area contributed by atoms with Crippen LogP contribution in [0.4, 0.5) is 0 Å². The monoisotopic (exact) mass is 520 g/mol. The Kier molecular flexibility index (Phi) is 13.5. The summed E-state index contributed by atoms with van der Waals surface area (Å²) in [6, 6.07) is -2.10. The Bertz CT molecular complexity index is 719. The third kappa shape index (κ3) is 10.5. The van der Waals surface area contributed by atoms with E-state index < -0.39 is 33.5 Å². The molecule has 0 fully saturated rings. The second-order valence-corrected chi connectivity index (χ2v) is 11.8. The number of rotatable bonds is 13. The zero-order chi connectivity index (χ0) is 26.7. The maximum atomic E-state index is 12.6. The molecule has 2 atom stereocenters. The first-order valence-electron chi connectivity index (χ1n) is 10.8. The molecule has 10 nitrogen and oxygen atoms in total. The van der Waals surface area contributed by atoms with E-state index in [4.69, 9.17) is 9.47 Å². The standard InChI is InChI=1S/C22H36N2O8S2/c1-9-13(25)23-17(19(29)31-7)21(3,4)33-15(27)11-12-16(28)34-22(5,6)18(20(30)32-8)24-14(26)10-2/h17-18H,9-12H2,1-8H3,(H,23,25)(H,24,26)/t17-,18-/m1/s1. The van der Waals surface area contributed by atoms with Crippen LogP contribution >= 0.6 is 23.5 Å². The quantitative estimate of drug-likeness (QED) is 0.346. The van der Waals surface area contributed by atoms with E-state index in [9.17, 15) is 28.8 Å². The minimum Gasteiger partial charge on any atom is -0.467 e. The molecule has 0 rings (SSSR count). The molecular weight excluding hydrogens is 484 g/mol. The van der Waals surface area contributed by atoms with Gasteiger partial charge in [-0.1, -0.05) is 37.4 Å². The molecule has 0 aliphatic heterocycles. The minimum absolute atomic E-state index is 0.115. The van der Waals surface area contributed by atoms with E-state index in [2.05, 4.69) is 10.6 Å². The maximum absolute atomic E-state index is 12.6. The molecule has 0 aromatic rings. The van der Waals surface area contributed by atoms with E-state index in [0.717, 1.165) is 23.5 Å². The molecule has 0 aromatic carbocycles. The summed E-state index contributed by atoms with van der Waals surface area (Å²) < 4.78 is 7.48. The Labute approximate surface area is 209 Å². The number of thioether (sulfide) groups is 2. The van der Waals surface area contributed by atoms with Crippen molar-refractivity contribution in [2.75, 3.05) is 14.2 Å². The molecule has 0 aromatic heterocycles. The number of hydrogen-bond acceptors (Lipinski definition) is 10. The third-order valence-corrected chi connectivity index (χ3v) is 7.19. The average Bonchev–Trinajstić information content (AvgIpc) is 2.77. The Morgan fingerprint density at radius 1 is 0.676 bits per heavy atom. The SMILES string of the molecule is CCC(=O)N[C@H](C(=O)OC)C(C)(C)SC(=O)CCC(=O)SC(C)(C)[C@H](NC(=O)CC)C(=O)OC. The van der Waals surface area contributed by atoms with Gasteiger partial charge in [0.15, 0.2) is 10.2 Å². The number of ether oxygens (including phenoxy) is 2. The van der Waals surface area contributed by atoms with Crippen molar-refractivity contribution >= 4 is 57.5 Å². The van der Waals surface area contributed by atoms with Gasteiger partial charge in [-0.05, 0) is 27.7 Å². The van der Waals surface area contributed by atoms with Crippen molar-refractivity contribution in [3.8, 4) is 0 Å². The van der Waals surface area contributed by atoms with Crippen molar-refractivity contribution in [1.29, 1.82) is 0 Å². The third-order valence-electron chi connectivity index (χ3n) is 4.80. The zero-order valence-corrected chi connectivity index (χ0v) is 22.7. The van der Waals surface area contributed by atoms with Gasteiger partial charge < -0.3 is 20.1 Å². The van der Waals surface area contributed by atoms with E-state index in [0.29, 0.717) is 0 Å². The lowest BCUT2D eigenvalue weighted by molar-refractivity contribution is -0.146. The van der Waals surface area contributed by atoms with Crippen LogP contribution in [0.25, 0.3) is 0 Å². The first-order valence-corrected chi connectivity index (χ1v) is 12.5. The maximum Gasteiger partial charge on any atom is 0.329 e. The van der Waals surface area contributed by atoms with Gasteiger partial charge in [0.05, 0.1) is 14.2 Å². The molecule has 0 aliphatic rings. The fourth-order valence-electron chi connectivity index (χ4n) is 2.81. The van der Waals surface area contributed by atoms with Crippen LogP contribution in [0.3, 0.4) is 0 Å². The summed E-state index contributed by atoms with van der Waals surface area (Å²) in [6.07, 6.45) is 0.0929. The molecule has 0 heterocycles. The van der Waals surface area contributed by atoms with Crippen molar-refractivity contribution < 1.29 is 38.2 Å². The van der Waals surface area contributed by atoms with Gasteiger partial charge in [0.25, 0.3) is 0 Å². The van der Waals surface area contributed by atoms with Crippen LogP contribution in [0.5, 0.6) is 0 Å². The average molecular weight is 521 g/mol. The van der Waals surface area contributed by atoms with Crippen LogP contribution in [0.2, 0.25) is 0 Å². The summed E-state index contributed by atoms with van der Waals surface area (Å²) in [5.74, 6) is -2.08. The highest BCUT2D eigenvalue weighted by atomic mass is 32.2. The Morgan fingerprint density at radius 2 is 0.971 bits per heavy atom. The van der Waals surface area contributed by atoms with Gasteiger partial charge in [-0.25, -0.2) is 9.59 Å². The summed E-state index contributed by atoms with van der Waals surface area (Å²) in [5.41, 5.74) is 0. The van der Waals surface area contributed by atoms with Crippen molar-refractivity contribution in [2.45, 2.75) is 88.8 Å². The number of methoxy groups -OCH3 is 2. The zero-order valence-electron chi connectivity index (χ0n) is 21.1. The van der Waals surface area contributed by atoms with Crippen molar-refractivity contribution in [2.24, 2.45) is 0 Å². The highest BCUT2D eigenvalue weighted by Gasteiger charge is 2.41. The lowest BCUT2D eigenvalue weighted by atomic mass is 10.0. The van der Waals surface area contributed by atoms with Crippen molar-refractivity contribution in [1.82, 2.24) is 10.6 Å². The lowest BCUT2D eigenvalue weighted by Gasteiger charge is -2.32. The van der Waals surface area contributed by atoms with Crippen LogP contribution in [-0.2, 0) is 38.2 Å². The topological polar surface area (TPSA) is 145 Å². The second-order valence-electron chi connectivity index (χ2n) is 8.41. The molecular formula is C22H36N2O8S2. The van der Waals surface area contributed by atoms with E-state index in [1.807, 2.05) is 0 Å². The number of carbonyl (C=O) groups excluding carboxylic acids is 6. The molecule has 2 amide bonds. The largest absolute Gasteiger partial charge is 0.467 e. The number of carbonyl (C=O) groups is 6. The van der Waals surface area contributed by atoms with Crippen LogP contribution < -0.4 is 10.6 Å². The number of esters is 2. The molecule has 0 radical (unpaired) electrons. The van der Waals surface area contributed by atoms with Gasteiger partial charge in [-0.15, -0.1) is 0 Å². The number of hydrogen-bond donors (Lipinski definition) is 2. The van der Waals surface area contributed by atoms with Crippen LogP contribution in [0.15, 0.2) is 0 Å². The summed E-state index contributed by atoms with van der Waals surface area (Å²) in [7, 11) is 2.39. The van der Waals surface area contributed by atoms with E-state index >= 15 is 0 Å². The van der Waals surface area contributed by atoms with E-state index in [1.165, 1.54) is 14.2 Å². The van der Waals surface area contributed by atoms with Gasteiger partial charge in [0.2, 0.25) is 11.8 Å². The molecule has 12 heteroatoms. The fourth-order valence-corrected chi connectivity index (χ4v) is 4.93.